The van der Waals surface area contributed by atoms with Crippen molar-refractivity contribution in [2.75, 3.05) is 18.0 Å². The lowest BCUT2D eigenvalue weighted by Crippen LogP contribution is -2.46. The zero-order valence-electron chi connectivity index (χ0n) is 14.7. The van der Waals surface area contributed by atoms with Gasteiger partial charge in [-0.25, -0.2) is 4.79 Å². The van der Waals surface area contributed by atoms with Gasteiger partial charge in [-0.15, -0.1) is 0 Å². The minimum atomic E-state index is -0.720. The van der Waals surface area contributed by atoms with Crippen molar-refractivity contribution in [3.8, 4) is 0 Å². The quantitative estimate of drug-likeness (QED) is 0.765. The van der Waals surface area contributed by atoms with E-state index in [0.29, 0.717) is 25.4 Å². The van der Waals surface area contributed by atoms with Crippen LogP contribution in [0.2, 0.25) is 0 Å². The molecule has 0 saturated heterocycles. The van der Waals surface area contributed by atoms with E-state index in [4.69, 9.17) is 5.11 Å². The van der Waals surface area contributed by atoms with Crippen LogP contribution in [0.25, 0.3) is 0 Å². The minimum Gasteiger partial charge on any atom is -0.481 e. The van der Waals surface area contributed by atoms with E-state index in [-0.39, 0.29) is 18.0 Å². The number of carboxylic acids is 1. The van der Waals surface area contributed by atoms with Crippen molar-refractivity contribution in [1.29, 1.82) is 0 Å². The first-order valence-electron chi connectivity index (χ1n) is 9.16. The first-order chi connectivity index (χ1) is 12.0. The molecule has 0 radical (unpaired) electrons. The molecule has 2 amide bonds. The summed E-state index contributed by atoms with van der Waals surface area (Å²) in [6.07, 6.45) is 3.81. The van der Waals surface area contributed by atoms with Crippen molar-refractivity contribution in [3.63, 3.8) is 0 Å². The first-order valence-corrected chi connectivity index (χ1v) is 9.16. The van der Waals surface area contributed by atoms with Gasteiger partial charge in [0.25, 0.3) is 0 Å². The van der Waals surface area contributed by atoms with Crippen LogP contribution in [0.1, 0.15) is 38.2 Å². The molecule has 2 aliphatic rings. The molecule has 1 fully saturated rings. The van der Waals surface area contributed by atoms with E-state index in [1.807, 2.05) is 0 Å². The number of nitrogens with one attached hydrogen (secondary N) is 2. The predicted octanol–water partition coefficient (Wildman–Crippen LogP) is 2.38. The second-order valence-electron chi connectivity index (χ2n) is 7.16. The molecule has 1 atom stereocenters. The number of carboxylic acid groups (broad SMARTS) is 1. The van der Waals surface area contributed by atoms with Gasteiger partial charge in [0.05, 0.1) is 5.92 Å². The molecule has 136 valence electrons. The fourth-order valence-corrected chi connectivity index (χ4v) is 3.98. The van der Waals surface area contributed by atoms with Gasteiger partial charge in [0.1, 0.15) is 0 Å². The lowest BCUT2D eigenvalue weighted by atomic mass is 9.86. The number of anilines is 1. The Balaban J connectivity index is 1.40. The summed E-state index contributed by atoms with van der Waals surface area (Å²) in [7, 11) is 0. The number of carbonyl (C=O) groups excluding carboxylic acids is 1. The van der Waals surface area contributed by atoms with Crippen LogP contribution in [0.5, 0.6) is 0 Å². The molecule has 1 aromatic carbocycles. The van der Waals surface area contributed by atoms with Gasteiger partial charge in [0, 0.05) is 30.9 Å². The van der Waals surface area contributed by atoms with Gasteiger partial charge in [-0.2, -0.15) is 0 Å². The Morgan fingerprint density at radius 1 is 1.20 bits per heavy atom. The van der Waals surface area contributed by atoms with Gasteiger partial charge in [-0.1, -0.05) is 18.2 Å². The minimum absolute atomic E-state index is 0.0852. The smallest absolute Gasteiger partial charge is 0.315 e. The maximum absolute atomic E-state index is 12.1. The van der Waals surface area contributed by atoms with Crippen molar-refractivity contribution >= 4 is 17.7 Å². The Labute approximate surface area is 148 Å². The van der Waals surface area contributed by atoms with Crippen LogP contribution in [-0.2, 0) is 11.2 Å². The number of aliphatic carboxylic acids is 1. The van der Waals surface area contributed by atoms with Gasteiger partial charge >= 0.3 is 12.0 Å². The van der Waals surface area contributed by atoms with Gasteiger partial charge in [-0.05, 0) is 50.7 Å². The highest BCUT2D eigenvalue weighted by atomic mass is 16.4. The van der Waals surface area contributed by atoms with Gasteiger partial charge < -0.3 is 20.6 Å². The van der Waals surface area contributed by atoms with E-state index in [0.717, 1.165) is 25.8 Å². The van der Waals surface area contributed by atoms with Crippen LogP contribution >= 0.6 is 0 Å². The molecular formula is C19H27N3O3. The molecule has 1 aliphatic heterocycles. The number of amides is 2. The first kappa shape index (κ1) is 17.6. The number of urea groups is 1. The Hall–Kier alpha value is -2.24. The average molecular weight is 345 g/mol. The lowest BCUT2D eigenvalue weighted by Gasteiger charge is -2.28. The maximum atomic E-state index is 12.1. The molecule has 3 N–H and O–H groups in total. The molecule has 3 rings (SSSR count). The zero-order valence-corrected chi connectivity index (χ0v) is 14.7. The molecule has 0 spiro atoms. The Kier molecular flexibility index (Phi) is 5.46. The summed E-state index contributed by atoms with van der Waals surface area (Å²) >= 11 is 0. The molecule has 1 heterocycles. The van der Waals surface area contributed by atoms with Crippen molar-refractivity contribution in [2.45, 2.75) is 51.1 Å². The number of fused-ring (bicyclic) bond motifs is 1. The standard InChI is InChI=1S/C19H27N3O3/c1-13-12-15-4-2-3-5-17(15)22(13)11-10-20-19(25)21-16-8-6-14(7-9-16)18(23)24/h2-5,13-14,16H,6-12H2,1H3,(H,23,24)(H2,20,21,25). The topological polar surface area (TPSA) is 81.7 Å². The zero-order chi connectivity index (χ0) is 17.8. The Morgan fingerprint density at radius 2 is 1.92 bits per heavy atom. The van der Waals surface area contributed by atoms with E-state index in [2.05, 4.69) is 46.7 Å². The average Bonchev–Trinajstić information content (AvgIpc) is 2.91. The second-order valence-corrected chi connectivity index (χ2v) is 7.16. The molecule has 1 saturated carbocycles. The van der Waals surface area contributed by atoms with Crippen LogP contribution < -0.4 is 15.5 Å². The van der Waals surface area contributed by atoms with E-state index >= 15 is 0 Å². The van der Waals surface area contributed by atoms with Crippen LogP contribution in [0, 0.1) is 5.92 Å². The van der Waals surface area contributed by atoms with Crippen molar-refractivity contribution in [1.82, 2.24) is 10.6 Å². The highest BCUT2D eigenvalue weighted by molar-refractivity contribution is 5.74. The molecule has 1 aliphatic carbocycles. The molecule has 6 nitrogen and oxygen atoms in total. The molecule has 0 bridgehead atoms. The van der Waals surface area contributed by atoms with Crippen LogP contribution in [0.3, 0.4) is 0 Å². The van der Waals surface area contributed by atoms with Crippen molar-refractivity contribution in [3.05, 3.63) is 29.8 Å². The van der Waals surface area contributed by atoms with Crippen molar-refractivity contribution < 1.29 is 14.7 Å². The fraction of sp³-hybridized carbons (Fsp3) is 0.579. The van der Waals surface area contributed by atoms with E-state index < -0.39 is 5.97 Å². The predicted molar refractivity (Wildman–Crippen MR) is 96.9 cm³/mol. The lowest BCUT2D eigenvalue weighted by molar-refractivity contribution is -0.142. The summed E-state index contributed by atoms with van der Waals surface area (Å²) in [5, 5.41) is 14.9. The van der Waals surface area contributed by atoms with Gasteiger partial charge in [-0.3, -0.25) is 4.79 Å². The van der Waals surface area contributed by atoms with E-state index in [1.54, 1.807) is 0 Å². The number of carbonyl (C=O) groups is 2. The van der Waals surface area contributed by atoms with Crippen LogP contribution in [0.15, 0.2) is 24.3 Å². The molecular weight excluding hydrogens is 318 g/mol. The summed E-state index contributed by atoms with van der Waals surface area (Å²) in [5.74, 6) is -0.972. The maximum Gasteiger partial charge on any atom is 0.315 e. The monoisotopic (exact) mass is 345 g/mol. The third kappa shape index (κ3) is 4.24. The van der Waals surface area contributed by atoms with E-state index in [9.17, 15) is 9.59 Å². The summed E-state index contributed by atoms with van der Waals surface area (Å²) in [6, 6.07) is 8.81. The second kappa shape index (κ2) is 7.76. The largest absolute Gasteiger partial charge is 0.481 e. The highest BCUT2D eigenvalue weighted by Crippen LogP contribution is 2.31. The van der Waals surface area contributed by atoms with Gasteiger partial charge in [0.2, 0.25) is 0 Å². The van der Waals surface area contributed by atoms with Crippen LogP contribution in [0.4, 0.5) is 10.5 Å². The Bertz CT molecular complexity index is 626. The molecule has 1 unspecified atom stereocenters. The molecule has 0 aromatic heterocycles. The van der Waals surface area contributed by atoms with Crippen molar-refractivity contribution in [2.24, 2.45) is 5.92 Å². The molecule has 1 aromatic rings. The van der Waals surface area contributed by atoms with E-state index in [1.165, 1.54) is 11.3 Å². The number of hydrogen-bond acceptors (Lipinski definition) is 3. The highest BCUT2D eigenvalue weighted by Gasteiger charge is 2.27. The summed E-state index contributed by atoms with van der Waals surface area (Å²) < 4.78 is 0. The number of rotatable bonds is 5. The normalized spacial score (nSPS) is 25.3. The number of benzene rings is 1. The summed E-state index contributed by atoms with van der Waals surface area (Å²) in [4.78, 5) is 25.4. The SMILES string of the molecule is CC1Cc2ccccc2N1CCNC(=O)NC1CCC(C(=O)O)CC1. The molecule has 6 heteroatoms. The van der Waals surface area contributed by atoms with Gasteiger partial charge in [0.15, 0.2) is 0 Å². The van der Waals surface area contributed by atoms with Crippen LogP contribution in [-0.4, -0.2) is 42.3 Å². The summed E-state index contributed by atoms with van der Waals surface area (Å²) in [6.45, 7) is 3.59. The fourth-order valence-electron chi connectivity index (χ4n) is 3.98. The summed E-state index contributed by atoms with van der Waals surface area (Å²) in [5.41, 5.74) is 2.64. The number of para-hydroxylation sites is 1. The number of hydrogen-bond donors (Lipinski definition) is 3. The number of nitrogens with zero attached hydrogens (tertiary/aromatic N) is 1. The third-order valence-electron chi connectivity index (χ3n) is 5.40. The Morgan fingerprint density at radius 3 is 2.64 bits per heavy atom. The molecule has 25 heavy (non-hydrogen) atoms. The third-order valence-corrected chi connectivity index (χ3v) is 5.40.